The Kier molecular flexibility index (Phi) is 6.11. The molecule has 1 unspecified atom stereocenters. The first-order chi connectivity index (χ1) is 12.1. The van der Waals surface area contributed by atoms with E-state index in [0.717, 1.165) is 23.6 Å². The third-order valence-corrected chi connectivity index (χ3v) is 6.48. The van der Waals surface area contributed by atoms with E-state index in [4.69, 9.17) is 0 Å². The highest BCUT2D eigenvalue weighted by atomic mass is 32.2. The first kappa shape index (κ1) is 20.4. The second-order valence-electron chi connectivity index (χ2n) is 7.61. The molecule has 0 aromatic heterocycles. The highest BCUT2D eigenvalue weighted by Crippen LogP contribution is 2.32. The molecule has 0 fully saturated rings. The average Bonchev–Trinajstić information content (AvgIpc) is 2.72. The fraction of sp³-hybridized carbons (Fsp3) is 0.579. The maximum atomic E-state index is 12.6. The Morgan fingerprint density at radius 1 is 1.12 bits per heavy atom. The third kappa shape index (κ3) is 4.09. The van der Waals surface area contributed by atoms with E-state index in [1.807, 2.05) is 6.92 Å². The Morgan fingerprint density at radius 2 is 1.77 bits per heavy atom. The van der Waals surface area contributed by atoms with Crippen molar-refractivity contribution in [3.63, 3.8) is 0 Å². The summed E-state index contributed by atoms with van der Waals surface area (Å²) in [4.78, 5) is 24.7. The molecule has 0 aliphatic carbocycles. The molecule has 144 valence electrons. The average molecular weight is 381 g/mol. The number of nitrogens with one attached hydrogen (secondary N) is 1. The van der Waals surface area contributed by atoms with Gasteiger partial charge in [0.25, 0.3) is 21.8 Å². The summed E-state index contributed by atoms with van der Waals surface area (Å²) in [5, 5.41) is 2.90. The summed E-state index contributed by atoms with van der Waals surface area (Å²) >= 11 is 0. The molecular formula is C19H28N2O4S. The third-order valence-electron chi connectivity index (χ3n) is 4.48. The molecule has 0 saturated carbocycles. The van der Waals surface area contributed by atoms with Gasteiger partial charge in [-0.2, -0.15) is 0 Å². The molecule has 1 atom stereocenters. The molecule has 0 bridgehead atoms. The fourth-order valence-corrected chi connectivity index (χ4v) is 4.90. The molecule has 1 aliphatic heterocycles. The quantitative estimate of drug-likeness (QED) is 0.787. The van der Waals surface area contributed by atoms with Crippen LogP contribution < -0.4 is 5.32 Å². The van der Waals surface area contributed by atoms with Gasteiger partial charge >= 0.3 is 0 Å². The van der Waals surface area contributed by atoms with E-state index in [-0.39, 0.29) is 28.0 Å². The lowest BCUT2D eigenvalue weighted by Crippen LogP contribution is -2.36. The number of hydrogen-bond acceptors (Lipinski definition) is 4. The van der Waals surface area contributed by atoms with Gasteiger partial charge in [-0.15, -0.1) is 0 Å². The predicted octanol–water partition coefficient (Wildman–Crippen LogP) is 3.18. The highest BCUT2D eigenvalue weighted by Gasteiger charge is 2.42. The Morgan fingerprint density at radius 3 is 2.35 bits per heavy atom. The van der Waals surface area contributed by atoms with Crippen LogP contribution in [0.25, 0.3) is 0 Å². The van der Waals surface area contributed by atoms with Gasteiger partial charge in [-0.25, -0.2) is 12.7 Å². The van der Waals surface area contributed by atoms with Crippen molar-refractivity contribution in [1.82, 2.24) is 9.62 Å². The van der Waals surface area contributed by atoms with Crippen molar-refractivity contribution in [1.29, 1.82) is 0 Å². The van der Waals surface area contributed by atoms with Gasteiger partial charge in [0, 0.05) is 17.6 Å². The van der Waals surface area contributed by atoms with Crippen LogP contribution in [0, 0.1) is 5.92 Å². The van der Waals surface area contributed by atoms with Crippen LogP contribution in [0.5, 0.6) is 0 Å². The van der Waals surface area contributed by atoms with E-state index < -0.39 is 22.0 Å². The molecule has 6 nitrogen and oxygen atoms in total. The topological polar surface area (TPSA) is 83.6 Å². The number of hydrogen-bond donors (Lipinski definition) is 1. The van der Waals surface area contributed by atoms with Gasteiger partial charge in [0.2, 0.25) is 0 Å². The van der Waals surface area contributed by atoms with Crippen molar-refractivity contribution in [3.05, 3.63) is 29.3 Å². The Hall–Kier alpha value is -1.89. The van der Waals surface area contributed by atoms with Crippen molar-refractivity contribution in [2.24, 2.45) is 5.92 Å². The van der Waals surface area contributed by atoms with Gasteiger partial charge in [0.1, 0.15) is 4.90 Å². The van der Waals surface area contributed by atoms with Gasteiger partial charge in [0.15, 0.2) is 0 Å². The maximum absolute atomic E-state index is 12.6. The fourth-order valence-electron chi connectivity index (χ4n) is 3.11. The van der Waals surface area contributed by atoms with Gasteiger partial charge < -0.3 is 5.32 Å². The molecule has 1 aliphatic rings. The summed E-state index contributed by atoms with van der Waals surface area (Å²) in [6, 6.07) is 3.77. The summed E-state index contributed by atoms with van der Waals surface area (Å²) in [5.41, 5.74) is 0.377. The first-order valence-corrected chi connectivity index (χ1v) is 10.5. The summed E-state index contributed by atoms with van der Waals surface area (Å²) in [6.45, 7) is 9.56. The maximum Gasteiger partial charge on any atom is 0.269 e. The standard InChI is InChI=1S/C19H28N2O4S/c1-12(2)7-6-8-14(5)20-18(22)15-9-10-16-17(11-15)26(24,25)21(13(3)4)19(16)23/h9-14H,6-8H2,1-5H3,(H,20,22). The van der Waals surface area contributed by atoms with Crippen LogP contribution in [0.4, 0.5) is 0 Å². The molecule has 0 spiro atoms. The van der Waals surface area contributed by atoms with Crippen molar-refractivity contribution in [3.8, 4) is 0 Å². The molecule has 2 rings (SSSR count). The van der Waals surface area contributed by atoms with Gasteiger partial charge in [0.05, 0.1) is 5.56 Å². The van der Waals surface area contributed by atoms with Crippen molar-refractivity contribution >= 4 is 21.8 Å². The number of rotatable bonds is 7. The van der Waals surface area contributed by atoms with E-state index in [1.165, 1.54) is 18.2 Å². The second kappa shape index (κ2) is 7.78. The van der Waals surface area contributed by atoms with E-state index in [2.05, 4.69) is 19.2 Å². The van der Waals surface area contributed by atoms with Crippen molar-refractivity contribution in [2.75, 3.05) is 0 Å². The number of amides is 2. The SMILES string of the molecule is CC(C)CCCC(C)NC(=O)c1ccc2c(c1)S(=O)(=O)N(C(C)C)C2=O. The number of fused-ring (bicyclic) bond motifs is 1. The zero-order valence-corrected chi connectivity index (χ0v) is 16.9. The molecule has 0 saturated heterocycles. The Bertz CT molecular complexity index is 800. The van der Waals surface area contributed by atoms with Gasteiger partial charge in [-0.05, 0) is 51.3 Å². The van der Waals surface area contributed by atoms with Crippen LogP contribution in [0.1, 0.15) is 74.6 Å². The zero-order chi connectivity index (χ0) is 19.6. The minimum atomic E-state index is -3.90. The van der Waals surface area contributed by atoms with Gasteiger partial charge in [-0.3, -0.25) is 9.59 Å². The van der Waals surface area contributed by atoms with Crippen LogP contribution in [0.2, 0.25) is 0 Å². The van der Waals surface area contributed by atoms with E-state index >= 15 is 0 Å². The first-order valence-electron chi connectivity index (χ1n) is 9.09. The minimum Gasteiger partial charge on any atom is -0.350 e. The molecule has 2 amide bonds. The van der Waals surface area contributed by atoms with Crippen molar-refractivity contribution in [2.45, 2.75) is 70.9 Å². The number of carbonyl (C=O) groups excluding carboxylic acids is 2. The van der Waals surface area contributed by atoms with E-state index in [1.54, 1.807) is 13.8 Å². The molecule has 1 heterocycles. The molecule has 1 N–H and O–H groups in total. The molecule has 0 radical (unpaired) electrons. The molecule has 1 aromatic rings. The summed E-state index contributed by atoms with van der Waals surface area (Å²) in [7, 11) is -3.90. The zero-order valence-electron chi connectivity index (χ0n) is 16.1. The summed E-state index contributed by atoms with van der Waals surface area (Å²) in [5.74, 6) is -0.235. The lowest BCUT2D eigenvalue weighted by atomic mass is 10.0. The normalized spacial score (nSPS) is 16.9. The van der Waals surface area contributed by atoms with Crippen LogP contribution in [0.3, 0.4) is 0 Å². The molecule has 26 heavy (non-hydrogen) atoms. The number of benzene rings is 1. The Balaban J connectivity index is 2.16. The van der Waals surface area contributed by atoms with Crippen LogP contribution in [-0.4, -0.2) is 36.6 Å². The highest BCUT2D eigenvalue weighted by molar-refractivity contribution is 7.90. The summed E-state index contributed by atoms with van der Waals surface area (Å²) < 4.78 is 26.1. The molecule has 1 aromatic carbocycles. The minimum absolute atomic E-state index is 0.0000869. The van der Waals surface area contributed by atoms with Gasteiger partial charge in [-0.1, -0.05) is 26.7 Å². The largest absolute Gasteiger partial charge is 0.350 e. The predicted molar refractivity (Wildman–Crippen MR) is 101 cm³/mol. The molecular weight excluding hydrogens is 352 g/mol. The van der Waals surface area contributed by atoms with E-state index in [9.17, 15) is 18.0 Å². The number of carbonyl (C=O) groups is 2. The monoisotopic (exact) mass is 380 g/mol. The Labute approximate surface area is 156 Å². The van der Waals surface area contributed by atoms with Crippen LogP contribution >= 0.6 is 0 Å². The lowest BCUT2D eigenvalue weighted by Gasteiger charge is -2.18. The van der Waals surface area contributed by atoms with Crippen LogP contribution in [-0.2, 0) is 10.0 Å². The molecule has 7 heteroatoms. The summed E-state index contributed by atoms with van der Waals surface area (Å²) in [6.07, 6.45) is 2.99. The second-order valence-corrected chi connectivity index (χ2v) is 9.39. The lowest BCUT2D eigenvalue weighted by molar-refractivity contribution is 0.0845. The van der Waals surface area contributed by atoms with Crippen LogP contribution in [0.15, 0.2) is 23.1 Å². The smallest absolute Gasteiger partial charge is 0.269 e. The van der Waals surface area contributed by atoms with Crippen molar-refractivity contribution < 1.29 is 18.0 Å². The number of sulfonamides is 1. The van der Waals surface area contributed by atoms with E-state index in [0.29, 0.717) is 5.92 Å². The number of nitrogens with zero attached hydrogens (tertiary/aromatic N) is 1.